The SMILES string of the molecule is Nc1ncn([Si])c(=O)n1. The van der Waals surface area contributed by atoms with Gasteiger partial charge in [-0.15, -0.1) is 0 Å². The van der Waals surface area contributed by atoms with Gasteiger partial charge in [0.05, 0.1) is 6.33 Å². The van der Waals surface area contributed by atoms with E-state index in [1.165, 1.54) is 6.33 Å². The average Bonchev–Trinajstić information content (AvgIpc) is 1.80. The first-order valence-corrected chi connectivity index (χ1v) is 2.57. The van der Waals surface area contributed by atoms with Crippen LogP contribution < -0.4 is 11.4 Å². The minimum atomic E-state index is -0.473. The number of rotatable bonds is 0. The summed E-state index contributed by atoms with van der Waals surface area (Å²) in [5, 5.41) is 0. The van der Waals surface area contributed by atoms with E-state index in [0.29, 0.717) is 0 Å². The van der Waals surface area contributed by atoms with Crippen LogP contribution in [0.1, 0.15) is 0 Å². The molecule has 0 aliphatic carbocycles. The van der Waals surface area contributed by atoms with Gasteiger partial charge in [-0.2, -0.15) is 4.98 Å². The fraction of sp³-hybridized carbons (Fsp3) is 0. The van der Waals surface area contributed by atoms with Gasteiger partial charge in [0.1, 0.15) is 0 Å². The maximum atomic E-state index is 10.5. The lowest BCUT2D eigenvalue weighted by Gasteiger charge is -1.91. The topological polar surface area (TPSA) is 73.8 Å². The Labute approximate surface area is 54.1 Å². The van der Waals surface area contributed by atoms with Crippen molar-refractivity contribution in [1.82, 2.24) is 14.2 Å². The molecule has 6 heteroatoms. The van der Waals surface area contributed by atoms with Crippen LogP contribution in [0.4, 0.5) is 5.95 Å². The Morgan fingerprint density at radius 2 is 2.44 bits per heavy atom. The van der Waals surface area contributed by atoms with Gasteiger partial charge in [0.15, 0.2) is 0 Å². The van der Waals surface area contributed by atoms with Gasteiger partial charge in [-0.05, 0) is 0 Å². The highest BCUT2D eigenvalue weighted by molar-refractivity contribution is 6.06. The van der Waals surface area contributed by atoms with Crippen molar-refractivity contribution in [2.75, 3.05) is 5.73 Å². The van der Waals surface area contributed by atoms with Crippen molar-refractivity contribution in [3.63, 3.8) is 0 Å². The molecule has 1 rings (SSSR count). The number of nitrogens with two attached hydrogens (primary N) is 1. The number of aromatic nitrogens is 3. The van der Waals surface area contributed by atoms with Crippen LogP contribution in [-0.4, -0.2) is 24.6 Å². The van der Waals surface area contributed by atoms with Crippen molar-refractivity contribution >= 4 is 16.4 Å². The fourth-order valence-electron chi connectivity index (χ4n) is 0.347. The van der Waals surface area contributed by atoms with E-state index in [1.54, 1.807) is 0 Å². The summed E-state index contributed by atoms with van der Waals surface area (Å²) in [6, 6.07) is 0. The highest BCUT2D eigenvalue weighted by Crippen LogP contribution is 1.76. The first-order valence-electron chi connectivity index (χ1n) is 2.13. The van der Waals surface area contributed by atoms with Crippen LogP contribution in [0.2, 0.25) is 0 Å². The zero-order chi connectivity index (χ0) is 6.85. The van der Waals surface area contributed by atoms with Gasteiger partial charge < -0.3 is 9.97 Å². The monoisotopic (exact) mass is 139 g/mol. The zero-order valence-corrected chi connectivity index (χ0v) is 5.40. The summed E-state index contributed by atoms with van der Waals surface area (Å²) >= 11 is 0. The quantitative estimate of drug-likeness (QED) is 0.428. The molecule has 45 valence electrons. The van der Waals surface area contributed by atoms with Crippen LogP contribution in [0.3, 0.4) is 0 Å². The van der Waals surface area contributed by atoms with Crippen molar-refractivity contribution in [2.24, 2.45) is 0 Å². The molecule has 0 aromatic carbocycles. The first-order chi connectivity index (χ1) is 4.20. The molecule has 0 saturated carbocycles. The molecule has 0 unspecified atom stereocenters. The molecule has 0 amide bonds. The van der Waals surface area contributed by atoms with Gasteiger partial charge >= 0.3 is 5.69 Å². The highest BCUT2D eigenvalue weighted by Gasteiger charge is 1.90. The molecule has 5 nitrogen and oxygen atoms in total. The van der Waals surface area contributed by atoms with Crippen molar-refractivity contribution in [1.29, 1.82) is 0 Å². The molecule has 2 N–H and O–H groups in total. The van der Waals surface area contributed by atoms with E-state index in [-0.39, 0.29) is 5.95 Å². The van der Waals surface area contributed by atoms with Gasteiger partial charge in [-0.3, -0.25) is 0 Å². The predicted octanol–water partition coefficient (Wildman–Crippen LogP) is -1.85. The van der Waals surface area contributed by atoms with Crippen LogP contribution in [0.25, 0.3) is 0 Å². The number of nitrogen functional groups attached to an aromatic ring is 1. The largest absolute Gasteiger partial charge is 0.368 e. The molecular weight excluding hydrogens is 136 g/mol. The molecule has 0 bridgehead atoms. The van der Waals surface area contributed by atoms with Gasteiger partial charge in [0.25, 0.3) is 0 Å². The second-order valence-electron chi connectivity index (χ2n) is 1.37. The van der Waals surface area contributed by atoms with Gasteiger partial charge in [-0.25, -0.2) is 9.78 Å². The van der Waals surface area contributed by atoms with Crippen LogP contribution >= 0.6 is 0 Å². The molecule has 1 heterocycles. The van der Waals surface area contributed by atoms with E-state index < -0.39 is 5.69 Å². The maximum absolute atomic E-state index is 10.5. The van der Waals surface area contributed by atoms with Crippen molar-refractivity contribution in [3.8, 4) is 0 Å². The zero-order valence-electron chi connectivity index (χ0n) is 4.40. The first kappa shape index (κ1) is 5.95. The second kappa shape index (κ2) is 1.98. The minimum Gasteiger partial charge on any atom is -0.368 e. The lowest BCUT2D eigenvalue weighted by molar-refractivity contribution is 0.942. The summed E-state index contributed by atoms with van der Waals surface area (Å²) < 4.78 is 1.05. The number of hydrogen-bond donors (Lipinski definition) is 1. The molecule has 0 fully saturated rings. The maximum Gasteiger partial charge on any atom is 0.343 e. The molecule has 1 aromatic rings. The Hall–Kier alpha value is -1.17. The standard InChI is InChI=1S/C3H3N4OSi/c4-2-5-1-7(9)3(8)6-2/h1H,(H2,4,6,8). The second-order valence-corrected chi connectivity index (χ2v) is 1.85. The summed E-state index contributed by atoms with van der Waals surface area (Å²) in [4.78, 5) is 17.3. The number of anilines is 1. The summed E-state index contributed by atoms with van der Waals surface area (Å²) in [5.41, 5.74) is 4.60. The van der Waals surface area contributed by atoms with E-state index in [9.17, 15) is 4.79 Å². The molecule has 1 aromatic heterocycles. The Morgan fingerprint density at radius 1 is 1.78 bits per heavy atom. The van der Waals surface area contributed by atoms with Gasteiger partial charge in [0, 0.05) is 0 Å². The Morgan fingerprint density at radius 3 is 2.89 bits per heavy atom. The van der Waals surface area contributed by atoms with E-state index in [1.807, 2.05) is 0 Å². The summed E-state index contributed by atoms with van der Waals surface area (Å²) in [7, 11) is 2.90. The van der Waals surface area contributed by atoms with E-state index in [4.69, 9.17) is 5.73 Å². The Bertz CT molecular complexity index is 269. The minimum absolute atomic E-state index is 0.0190. The van der Waals surface area contributed by atoms with Gasteiger partial charge in [-0.1, -0.05) is 0 Å². The third kappa shape index (κ3) is 1.14. The number of nitrogens with zero attached hydrogens (tertiary/aromatic N) is 3. The van der Waals surface area contributed by atoms with Crippen molar-refractivity contribution in [3.05, 3.63) is 16.8 Å². The molecule has 0 atom stereocenters. The third-order valence-corrected chi connectivity index (χ3v) is 1.03. The summed E-state index contributed by atoms with van der Waals surface area (Å²) in [6.45, 7) is 0. The lowest BCUT2D eigenvalue weighted by atomic mass is 11.0. The lowest BCUT2D eigenvalue weighted by Crippen LogP contribution is -2.22. The molecule has 9 heavy (non-hydrogen) atoms. The summed E-state index contributed by atoms with van der Waals surface area (Å²) in [5.74, 6) is -0.0190. The smallest absolute Gasteiger partial charge is 0.343 e. The molecular formula is C3H3N4OSi. The Kier molecular flexibility index (Phi) is 1.31. The molecule has 0 aliphatic heterocycles. The number of hydrogen-bond acceptors (Lipinski definition) is 4. The third-order valence-electron chi connectivity index (χ3n) is 0.722. The highest BCUT2D eigenvalue weighted by atomic mass is 28.2. The Balaban J connectivity index is 3.34. The van der Waals surface area contributed by atoms with E-state index in [0.717, 1.165) is 4.23 Å². The van der Waals surface area contributed by atoms with E-state index in [2.05, 4.69) is 20.4 Å². The molecule has 3 radical (unpaired) electrons. The normalized spacial score (nSPS) is 9.44. The van der Waals surface area contributed by atoms with Gasteiger partial charge in [0.2, 0.25) is 16.4 Å². The van der Waals surface area contributed by atoms with Crippen molar-refractivity contribution in [2.45, 2.75) is 0 Å². The molecule has 0 spiro atoms. The van der Waals surface area contributed by atoms with Crippen molar-refractivity contribution < 1.29 is 0 Å². The van der Waals surface area contributed by atoms with Crippen LogP contribution in [0, 0.1) is 0 Å². The van der Waals surface area contributed by atoms with E-state index >= 15 is 0 Å². The van der Waals surface area contributed by atoms with Crippen LogP contribution in [0.15, 0.2) is 11.1 Å². The van der Waals surface area contributed by atoms with Crippen LogP contribution in [-0.2, 0) is 0 Å². The average molecular weight is 139 g/mol. The fourth-order valence-corrected chi connectivity index (χ4v) is 0.455. The predicted molar refractivity (Wildman–Crippen MR) is 31.9 cm³/mol. The molecule has 0 saturated heterocycles. The molecule has 0 aliphatic rings. The van der Waals surface area contributed by atoms with Crippen LogP contribution in [0.5, 0.6) is 0 Å². The summed E-state index contributed by atoms with van der Waals surface area (Å²) in [6.07, 6.45) is 1.24.